The lowest BCUT2D eigenvalue weighted by Gasteiger charge is -2.25. The average Bonchev–Trinajstić information content (AvgIpc) is 2.98. The summed E-state index contributed by atoms with van der Waals surface area (Å²) in [5.74, 6) is -1.02. The lowest BCUT2D eigenvalue weighted by molar-refractivity contribution is -0.170. The zero-order valence-corrected chi connectivity index (χ0v) is 15.5. The van der Waals surface area contributed by atoms with Crippen LogP contribution in [0.5, 0.6) is 0 Å². The van der Waals surface area contributed by atoms with Crippen LogP contribution in [0.15, 0.2) is 24.3 Å². The Labute approximate surface area is 153 Å². The van der Waals surface area contributed by atoms with E-state index >= 15 is 0 Å². The summed E-state index contributed by atoms with van der Waals surface area (Å²) in [6.45, 7) is 6.44. The van der Waals surface area contributed by atoms with Gasteiger partial charge in [-0.05, 0) is 30.9 Å². The highest BCUT2D eigenvalue weighted by atomic mass is 19.1. The second-order valence-corrected chi connectivity index (χ2v) is 6.93. The first-order chi connectivity index (χ1) is 12.4. The van der Waals surface area contributed by atoms with Crippen molar-refractivity contribution in [2.45, 2.75) is 52.0 Å². The summed E-state index contributed by atoms with van der Waals surface area (Å²) in [5, 5.41) is 6.20. The Bertz CT molecular complexity index is 623. The molecule has 0 saturated carbocycles. The van der Waals surface area contributed by atoms with E-state index in [4.69, 9.17) is 9.47 Å². The number of rotatable bonds is 8. The number of ether oxygens (including phenoxy) is 2. The van der Waals surface area contributed by atoms with Crippen molar-refractivity contribution in [2.75, 3.05) is 13.2 Å². The first kappa shape index (κ1) is 20.3. The quantitative estimate of drug-likeness (QED) is 0.690. The van der Waals surface area contributed by atoms with E-state index in [0.29, 0.717) is 25.5 Å². The molecule has 0 unspecified atom stereocenters. The van der Waals surface area contributed by atoms with Crippen LogP contribution in [0.1, 0.15) is 44.0 Å². The van der Waals surface area contributed by atoms with Crippen molar-refractivity contribution in [3.63, 3.8) is 0 Å². The van der Waals surface area contributed by atoms with Crippen LogP contribution >= 0.6 is 0 Å². The largest absolute Gasteiger partial charge is 0.434 e. The molecular formula is C19H27FN2O4. The third kappa shape index (κ3) is 6.07. The maximum absolute atomic E-state index is 13.8. The lowest BCUT2D eigenvalue weighted by Crippen LogP contribution is -2.48. The van der Waals surface area contributed by atoms with Gasteiger partial charge in [-0.3, -0.25) is 9.59 Å². The van der Waals surface area contributed by atoms with Crippen LogP contribution in [0.25, 0.3) is 0 Å². The first-order valence-corrected chi connectivity index (χ1v) is 8.94. The highest BCUT2D eigenvalue weighted by molar-refractivity contribution is 5.94. The summed E-state index contributed by atoms with van der Waals surface area (Å²) in [5.41, 5.74) is 0.0308. The van der Waals surface area contributed by atoms with Crippen LogP contribution in [-0.4, -0.2) is 43.4 Å². The maximum Gasteiger partial charge on any atom is 0.304 e. The van der Waals surface area contributed by atoms with E-state index in [1.807, 2.05) is 0 Å². The molecule has 7 heteroatoms. The minimum absolute atomic E-state index is 0.0308. The molecule has 1 fully saturated rings. The Morgan fingerprint density at radius 1 is 1.35 bits per heavy atom. The molecule has 1 heterocycles. The molecule has 2 N–H and O–H groups in total. The van der Waals surface area contributed by atoms with E-state index in [0.717, 1.165) is 6.42 Å². The first-order valence-electron chi connectivity index (χ1n) is 8.94. The normalized spacial score (nSPS) is 20.8. The smallest absolute Gasteiger partial charge is 0.304 e. The third-order valence-electron chi connectivity index (χ3n) is 4.16. The Morgan fingerprint density at radius 2 is 2.08 bits per heavy atom. The van der Waals surface area contributed by atoms with Crippen molar-refractivity contribution in [2.24, 2.45) is 5.92 Å². The number of carbonyl (C=O) groups excluding carboxylic acids is 2. The zero-order chi connectivity index (χ0) is 19.1. The molecule has 0 aromatic heterocycles. The molecule has 0 aliphatic carbocycles. The number of carbonyl (C=O) groups is 2. The van der Waals surface area contributed by atoms with Gasteiger partial charge in [-0.15, -0.1) is 0 Å². The summed E-state index contributed by atoms with van der Waals surface area (Å²) in [6.07, 6.45) is 0.835. The van der Waals surface area contributed by atoms with Crippen molar-refractivity contribution in [3.8, 4) is 0 Å². The number of esters is 1. The molecule has 0 bridgehead atoms. The van der Waals surface area contributed by atoms with Crippen molar-refractivity contribution in [3.05, 3.63) is 35.6 Å². The van der Waals surface area contributed by atoms with Gasteiger partial charge in [0.15, 0.2) is 0 Å². The molecule has 2 rings (SSSR count). The predicted molar refractivity (Wildman–Crippen MR) is 95.0 cm³/mol. The Morgan fingerprint density at radius 3 is 2.73 bits per heavy atom. The molecule has 1 saturated heterocycles. The van der Waals surface area contributed by atoms with E-state index in [9.17, 15) is 14.0 Å². The molecule has 6 nitrogen and oxygen atoms in total. The van der Waals surface area contributed by atoms with Crippen molar-refractivity contribution < 1.29 is 23.5 Å². The molecule has 1 aliphatic heterocycles. The summed E-state index contributed by atoms with van der Waals surface area (Å²) in [6, 6.07) is 5.61. The van der Waals surface area contributed by atoms with Crippen LogP contribution in [0.2, 0.25) is 0 Å². The van der Waals surface area contributed by atoms with E-state index in [-0.39, 0.29) is 17.6 Å². The molecule has 1 aromatic carbocycles. The Kier molecular flexibility index (Phi) is 7.53. The highest BCUT2D eigenvalue weighted by Gasteiger charge is 2.31. The molecule has 1 aromatic rings. The van der Waals surface area contributed by atoms with Crippen LogP contribution in [0.4, 0.5) is 4.39 Å². The van der Waals surface area contributed by atoms with Gasteiger partial charge in [0.1, 0.15) is 5.82 Å². The lowest BCUT2D eigenvalue weighted by atomic mass is 10.0. The minimum atomic E-state index is -0.616. The summed E-state index contributed by atoms with van der Waals surface area (Å²) < 4.78 is 24.4. The van der Waals surface area contributed by atoms with Gasteiger partial charge in [-0.2, -0.15) is 0 Å². The van der Waals surface area contributed by atoms with Crippen LogP contribution in [-0.2, 0) is 14.3 Å². The Hall–Kier alpha value is -1.99. The molecule has 3 atom stereocenters. The maximum atomic E-state index is 13.8. The van der Waals surface area contributed by atoms with E-state index in [1.165, 1.54) is 19.1 Å². The molecule has 0 radical (unpaired) electrons. The topological polar surface area (TPSA) is 76.7 Å². The average molecular weight is 366 g/mol. The van der Waals surface area contributed by atoms with Gasteiger partial charge in [-0.25, -0.2) is 4.39 Å². The van der Waals surface area contributed by atoms with Crippen LogP contribution in [0.3, 0.4) is 0 Å². The van der Waals surface area contributed by atoms with Gasteiger partial charge in [0.2, 0.25) is 6.29 Å². The molecular weight excluding hydrogens is 339 g/mol. The van der Waals surface area contributed by atoms with Crippen LogP contribution < -0.4 is 10.6 Å². The van der Waals surface area contributed by atoms with E-state index in [1.54, 1.807) is 12.1 Å². The van der Waals surface area contributed by atoms with Gasteiger partial charge in [-0.1, -0.05) is 26.0 Å². The van der Waals surface area contributed by atoms with E-state index in [2.05, 4.69) is 24.5 Å². The number of hydrogen-bond donors (Lipinski definition) is 2. The van der Waals surface area contributed by atoms with Gasteiger partial charge >= 0.3 is 5.97 Å². The molecule has 26 heavy (non-hydrogen) atoms. The fourth-order valence-corrected chi connectivity index (χ4v) is 3.01. The second-order valence-electron chi connectivity index (χ2n) is 6.93. The zero-order valence-electron chi connectivity index (χ0n) is 15.5. The predicted octanol–water partition coefficient (Wildman–Crippen LogP) is 2.24. The minimum Gasteiger partial charge on any atom is -0.434 e. The summed E-state index contributed by atoms with van der Waals surface area (Å²) >= 11 is 0. The number of halogens is 1. The number of benzene rings is 1. The van der Waals surface area contributed by atoms with Gasteiger partial charge in [0.25, 0.3) is 5.91 Å². The standard InChI is InChI=1S/C19H27FN2O4/c1-12(2)10-14(22-18(24)15-6-4-5-7-16(15)20)11-21-17-8-9-25-19(17)26-13(3)23/h4-7,12,14,17,19,21H,8-11H2,1-3H3,(H,22,24)/t14-,17+,19+/m1/s1. The summed E-state index contributed by atoms with van der Waals surface area (Å²) in [7, 11) is 0. The third-order valence-corrected chi connectivity index (χ3v) is 4.16. The fourth-order valence-electron chi connectivity index (χ4n) is 3.01. The molecule has 144 valence electrons. The van der Waals surface area contributed by atoms with Gasteiger partial charge in [0.05, 0.1) is 18.2 Å². The number of hydrogen-bond acceptors (Lipinski definition) is 5. The number of amides is 1. The van der Waals surface area contributed by atoms with Crippen molar-refractivity contribution in [1.82, 2.24) is 10.6 Å². The van der Waals surface area contributed by atoms with Crippen molar-refractivity contribution in [1.29, 1.82) is 0 Å². The number of nitrogens with one attached hydrogen (secondary N) is 2. The Balaban J connectivity index is 1.95. The van der Waals surface area contributed by atoms with E-state index < -0.39 is 24.0 Å². The SMILES string of the molecule is CC(=O)O[C@@H]1OCC[C@@H]1NC[C@@H](CC(C)C)NC(=O)c1ccccc1F. The molecule has 1 amide bonds. The summed E-state index contributed by atoms with van der Waals surface area (Å²) in [4.78, 5) is 23.5. The molecule has 1 aliphatic rings. The second kappa shape index (κ2) is 9.64. The van der Waals surface area contributed by atoms with Crippen molar-refractivity contribution >= 4 is 11.9 Å². The van der Waals surface area contributed by atoms with Crippen LogP contribution in [0, 0.1) is 11.7 Å². The van der Waals surface area contributed by atoms with Gasteiger partial charge in [0, 0.05) is 19.5 Å². The molecule has 0 spiro atoms. The fraction of sp³-hybridized carbons (Fsp3) is 0.579. The monoisotopic (exact) mass is 366 g/mol. The van der Waals surface area contributed by atoms with Gasteiger partial charge < -0.3 is 20.1 Å². The highest BCUT2D eigenvalue weighted by Crippen LogP contribution is 2.16.